The summed E-state index contributed by atoms with van der Waals surface area (Å²) in [4.78, 5) is 2.33. The Morgan fingerprint density at radius 2 is 0.980 bits per heavy atom. The second-order valence-corrected chi connectivity index (χ2v) is 12.9. The molecule has 10 aromatic rings. The maximum absolute atomic E-state index is 6.66. The smallest absolute Gasteiger partial charge is 0.136 e. The SMILES string of the molecule is c1ccc(N(c2ccc(-c3ccc4ccccc4c3)cc2)c2ccc3oc4cc5ccccc5c(-c5cccc6ccccc56)c4c3c2)cc1. The molecule has 10 rings (SSSR count). The zero-order chi connectivity index (χ0) is 33.0. The predicted octanol–water partition coefficient (Wildman–Crippen LogP) is 13.8. The van der Waals surface area contributed by atoms with E-state index in [-0.39, 0.29) is 0 Å². The normalized spacial score (nSPS) is 11.6. The molecule has 0 aliphatic heterocycles. The first-order valence-electron chi connectivity index (χ1n) is 17.1. The Labute approximate surface area is 290 Å². The van der Waals surface area contributed by atoms with E-state index in [0.29, 0.717) is 0 Å². The summed E-state index contributed by atoms with van der Waals surface area (Å²) in [6.07, 6.45) is 0. The standard InChI is InChI=1S/C48H31NO/c1-2-16-38(17-3-1)49(39-25-23-33(24-26-39)36-22-21-32-11-4-5-13-35(32)29-36)40-27-28-45-44(31-40)48-46(50-45)30-37-14-7-9-19-42(37)47(48)43-20-10-15-34-12-6-8-18-41(34)43/h1-31H. The highest BCUT2D eigenvalue weighted by atomic mass is 16.3. The van der Waals surface area contributed by atoms with E-state index in [4.69, 9.17) is 4.42 Å². The van der Waals surface area contributed by atoms with Gasteiger partial charge in [-0.1, -0.05) is 133 Å². The van der Waals surface area contributed by atoms with Gasteiger partial charge in [0, 0.05) is 33.4 Å². The van der Waals surface area contributed by atoms with Crippen LogP contribution in [0.1, 0.15) is 0 Å². The van der Waals surface area contributed by atoms with Crippen LogP contribution in [0.2, 0.25) is 0 Å². The minimum atomic E-state index is 0.875. The fraction of sp³-hybridized carbons (Fsp3) is 0. The minimum Gasteiger partial charge on any atom is -0.456 e. The van der Waals surface area contributed by atoms with E-state index in [1.165, 1.54) is 54.6 Å². The van der Waals surface area contributed by atoms with E-state index in [1.54, 1.807) is 0 Å². The van der Waals surface area contributed by atoms with Crippen LogP contribution in [0.25, 0.3) is 76.5 Å². The third-order valence-corrected chi connectivity index (χ3v) is 10.0. The molecular weight excluding hydrogens is 607 g/mol. The number of fused-ring (bicyclic) bond motifs is 6. The summed E-state index contributed by atoms with van der Waals surface area (Å²) in [5.74, 6) is 0. The molecule has 9 aromatic carbocycles. The third-order valence-electron chi connectivity index (χ3n) is 10.0. The summed E-state index contributed by atoms with van der Waals surface area (Å²) in [6.45, 7) is 0. The largest absolute Gasteiger partial charge is 0.456 e. The predicted molar refractivity (Wildman–Crippen MR) is 212 cm³/mol. The molecule has 2 heteroatoms. The molecule has 0 saturated carbocycles. The monoisotopic (exact) mass is 637 g/mol. The van der Waals surface area contributed by atoms with Crippen molar-refractivity contribution in [1.29, 1.82) is 0 Å². The fourth-order valence-corrected chi connectivity index (χ4v) is 7.65. The van der Waals surface area contributed by atoms with Crippen LogP contribution in [-0.4, -0.2) is 0 Å². The molecule has 0 amide bonds. The maximum Gasteiger partial charge on any atom is 0.136 e. The molecule has 0 aliphatic carbocycles. The number of rotatable bonds is 5. The van der Waals surface area contributed by atoms with Gasteiger partial charge in [-0.3, -0.25) is 0 Å². The van der Waals surface area contributed by atoms with Gasteiger partial charge in [0.1, 0.15) is 11.2 Å². The fourth-order valence-electron chi connectivity index (χ4n) is 7.65. The molecule has 0 bridgehead atoms. The number of nitrogens with zero attached hydrogens (tertiary/aromatic N) is 1. The van der Waals surface area contributed by atoms with E-state index in [2.05, 4.69) is 193 Å². The average Bonchev–Trinajstić information content (AvgIpc) is 3.55. The van der Waals surface area contributed by atoms with Crippen molar-refractivity contribution in [3.8, 4) is 22.3 Å². The summed E-state index contributed by atoms with van der Waals surface area (Å²) in [7, 11) is 0. The van der Waals surface area contributed by atoms with Gasteiger partial charge in [0.25, 0.3) is 0 Å². The Balaban J connectivity index is 1.18. The van der Waals surface area contributed by atoms with Gasteiger partial charge in [-0.15, -0.1) is 0 Å². The van der Waals surface area contributed by atoms with Crippen LogP contribution in [0.5, 0.6) is 0 Å². The summed E-state index contributed by atoms with van der Waals surface area (Å²) < 4.78 is 6.66. The molecule has 2 nitrogen and oxygen atoms in total. The zero-order valence-corrected chi connectivity index (χ0v) is 27.3. The van der Waals surface area contributed by atoms with Crippen LogP contribution in [0, 0.1) is 0 Å². The highest BCUT2D eigenvalue weighted by molar-refractivity contribution is 6.23. The zero-order valence-electron chi connectivity index (χ0n) is 27.3. The lowest BCUT2D eigenvalue weighted by Gasteiger charge is -2.25. The molecule has 0 atom stereocenters. The van der Waals surface area contributed by atoms with E-state index in [0.717, 1.165) is 39.0 Å². The van der Waals surface area contributed by atoms with Crippen molar-refractivity contribution in [1.82, 2.24) is 0 Å². The number of para-hydroxylation sites is 1. The highest BCUT2D eigenvalue weighted by Crippen LogP contribution is 2.46. The Morgan fingerprint density at radius 1 is 0.340 bits per heavy atom. The molecule has 50 heavy (non-hydrogen) atoms. The Kier molecular flexibility index (Phi) is 6.53. The molecule has 0 spiro atoms. The summed E-state index contributed by atoms with van der Waals surface area (Å²) in [5.41, 5.74) is 9.84. The average molecular weight is 638 g/mol. The van der Waals surface area contributed by atoms with Crippen molar-refractivity contribution in [2.45, 2.75) is 0 Å². The van der Waals surface area contributed by atoms with Crippen LogP contribution in [0.3, 0.4) is 0 Å². The maximum atomic E-state index is 6.66. The van der Waals surface area contributed by atoms with Crippen LogP contribution in [0.15, 0.2) is 192 Å². The first-order valence-corrected chi connectivity index (χ1v) is 17.1. The van der Waals surface area contributed by atoms with Crippen molar-refractivity contribution in [2.75, 3.05) is 4.90 Å². The van der Waals surface area contributed by atoms with Gasteiger partial charge in [-0.05, 0) is 104 Å². The van der Waals surface area contributed by atoms with Crippen LogP contribution < -0.4 is 4.90 Å². The van der Waals surface area contributed by atoms with Crippen LogP contribution in [0.4, 0.5) is 17.1 Å². The van der Waals surface area contributed by atoms with Crippen molar-refractivity contribution in [3.05, 3.63) is 188 Å². The third kappa shape index (κ3) is 4.65. The molecule has 1 heterocycles. The van der Waals surface area contributed by atoms with E-state index >= 15 is 0 Å². The van der Waals surface area contributed by atoms with Gasteiger partial charge >= 0.3 is 0 Å². The molecule has 0 N–H and O–H groups in total. The summed E-state index contributed by atoms with van der Waals surface area (Å²) >= 11 is 0. The van der Waals surface area contributed by atoms with Crippen LogP contribution in [-0.2, 0) is 0 Å². The topological polar surface area (TPSA) is 16.4 Å². The lowest BCUT2D eigenvalue weighted by Crippen LogP contribution is -2.09. The molecule has 234 valence electrons. The highest BCUT2D eigenvalue weighted by Gasteiger charge is 2.20. The number of hydrogen-bond donors (Lipinski definition) is 0. The van der Waals surface area contributed by atoms with E-state index in [1.807, 2.05) is 0 Å². The molecule has 0 fully saturated rings. The van der Waals surface area contributed by atoms with Crippen molar-refractivity contribution in [2.24, 2.45) is 0 Å². The van der Waals surface area contributed by atoms with Crippen molar-refractivity contribution >= 4 is 71.3 Å². The number of benzene rings is 9. The van der Waals surface area contributed by atoms with E-state index in [9.17, 15) is 0 Å². The lowest BCUT2D eigenvalue weighted by molar-refractivity contribution is 0.669. The Bertz CT molecular complexity index is 2860. The Morgan fingerprint density at radius 3 is 1.82 bits per heavy atom. The molecule has 0 aliphatic rings. The van der Waals surface area contributed by atoms with E-state index < -0.39 is 0 Å². The summed E-state index contributed by atoms with van der Waals surface area (Å²) in [6, 6.07) is 67.4. The number of furan rings is 1. The van der Waals surface area contributed by atoms with Crippen molar-refractivity contribution < 1.29 is 4.42 Å². The number of hydrogen-bond acceptors (Lipinski definition) is 2. The van der Waals surface area contributed by atoms with Gasteiger partial charge in [0.05, 0.1) is 0 Å². The minimum absolute atomic E-state index is 0.875. The number of anilines is 3. The molecule has 0 radical (unpaired) electrons. The second-order valence-electron chi connectivity index (χ2n) is 12.9. The van der Waals surface area contributed by atoms with Gasteiger partial charge in [-0.25, -0.2) is 0 Å². The van der Waals surface area contributed by atoms with Gasteiger partial charge < -0.3 is 9.32 Å². The first-order chi connectivity index (χ1) is 24.8. The van der Waals surface area contributed by atoms with Crippen LogP contribution >= 0.6 is 0 Å². The summed E-state index contributed by atoms with van der Waals surface area (Å²) in [5, 5.41) is 9.57. The molecular formula is C48H31NO. The quantitative estimate of drug-likeness (QED) is 0.187. The van der Waals surface area contributed by atoms with Crippen molar-refractivity contribution in [3.63, 3.8) is 0 Å². The van der Waals surface area contributed by atoms with Gasteiger partial charge in [0.15, 0.2) is 0 Å². The molecule has 0 unspecified atom stereocenters. The van der Waals surface area contributed by atoms with Gasteiger partial charge in [0.2, 0.25) is 0 Å². The lowest BCUT2D eigenvalue weighted by atomic mass is 9.90. The first kappa shape index (κ1) is 28.4. The van der Waals surface area contributed by atoms with Gasteiger partial charge in [-0.2, -0.15) is 0 Å². The molecule has 1 aromatic heterocycles. The second kappa shape index (κ2) is 11.5. The Hall–Kier alpha value is -6.64. The molecule has 0 saturated heterocycles.